The molecule has 30 heavy (non-hydrogen) atoms. The van der Waals surface area contributed by atoms with Crippen LogP contribution in [0, 0.1) is 0 Å². The zero-order valence-electron chi connectivity index (χ0n) is 17.8. The molecule has 156 valence electrons. The van der Waals surface area contributed by atoms with E-state index < -0.39 is 0 Å². The number of para-hydroxylation sites is 1. The molecule has 0 bridgehead atoms. The Kier molecular flexibility index (Phi) is 6.57. The van der Waals surface area contributed by atoms with Crippen LogP contribution in [0.15, 0.2) is 60.4 Å². The van der Waals surface area contributed by atoms with Gasteiger partial charge in [0.15, 0.2) is 0 Å². The van der Waals surface area contributed by atoms with Gasteiger partial charge in [-0.25, -0.2) is 0 Å². The molecule has 6 heteroatoms. The number of rotatable bonds is 7. The highest BCUT2D eigenvalue weighted by Gasteiger charge is 2.20. The number of aromatic nitrogens is 1. The maximum absolute atomic E-state index is 13.1. The Morgan fingerprint density at radius 3 is 2.37 bits per heavy atom. The SMILES string of the molecule is CCN(CC)C(=O)C(=Cc1cn(C)c2ccccc12)NC(=O)c1ccc(OC)cc1. The fourth-order valence-electron chi connectivity index (χ4n) is 3.41. The van der Waals surface area contributed by atoms with Crippen LogP contribution in [-0.4, -0.2) is 41.5 Å². The highest BCUT2D eigenvalue weighted by molar-refractivity contribution is 6.06. The Hall–Kier alpha value is -3.54. The lowest BCUT2D eigenvalue weighted by molar-refractivity contribution is -0.127. The molecule has 0 saturated carbocycles. The van der Waals surface area contributed by atoms with Gasteiger partial charge in [0.25, 0.3) is 11.8 Å². The van der Waals surface area contributed by atoms with Gasteiger partial charge in [-0.3, -0.25) is 9.59 Å². The number of hydrogen-bond acceptors (Lipinski definition) is 3. The van der Waals surface area contributed by atoms with Crippen molar-refractivity contribution in [1.29, 1.82) is 0 Å². The van der Waals surface area contributed by atoms with Gasteiger partial charge in [0.2, 0.25) is 0 Å². The molecule has 0 atom stereocenters. The van der Waals surface area contributed by atoms with E-state index in [4.69, 9.17) is 4.74 Å². The van der Waals surface area contributed by atoms with Gasteiger partial charge < -0.3 is 19.5 Å². The van der Waals surface area contributed by atoms with Gasteiger partial charge in [-0.15, -0.1) is 0 Å². The summed E-state index contributed by atoms with van der Waals surface area (Å²) >= 11 is 0. The Balaban J connectivity index is 2.00. The van der Waals surface area contributed by atoms with Gasteiger partial charge in [-0.2, -0.15) is 0 Å². The van der Waals surface area contributed by atoms with E-state index in [1.807, 2.05) is 55.9 Å². The molecule has 6 nitrogen and oxygen atoms in total. The van der Waals surface area contributed by atoms with Gasteiger partial charge in [-0.1, -0.05) is 18.2 Å². The Bertz CT molecular complexity index is 1080. The number of ether oxygens (including phenoxy) is 1. The summed E-state index contributed by atoms with van der Waals surface area (Å²) < 4.78 is 7.15. The lowest BCUT2D eigenvalue weighted by Crippen LogP contribution is -2.38. The summed E-state index contributed by atoms with van der Waals surface area (Å²) in [5.74, 6) is 0.108. The van der Waals surface area contributed by atoms with Crippen molar-refractivity contribution in [2.75, 3.05) is 20.2 Å². The van der Waals surface area contributed by atoms with Crippen LogP contribution in [0.5, 0.6) is 5.75 Å². The molecule has 0 unspecified atom stereocenters. The minimum Gasteiger partial charge on any atom is -0.497 e. The standard InChI is InChI=1S/C24H27N3O3/c1-5-27(6-2)24(29)21(25-23(28)17-11-13-19(30-4)14-12-17)15-18-16-26(3)22-10-8-7-9-20(18)22/h7-16H,5-6H2,1-4H3,(H,25,28). The number of benzene rings is 2. The number of carbonyl (C=O) groups excluding carboxylic acids is 2. The minimum atomic E-state index is -0.343. The number of likely N-dealkylation sites (N-methyl/N-ethyl adjacent to an activating group) is 1. The van der Waals surface area contributed by atoms with Crippen LogP contribution in [0.25, 0.3) is 17.0 Å². The second-order valence-corrected chi connectivity index (χ2v) is 6.93. The van der Waals surface area contributed by atoms with Crippen LogP contribution in [0.4, 0.5) is 0 Å². The van der Waals surface area contributed by atoms with Crippen LogP contribution in [-0.2, 0) is 11.8 Å². The van der Waals surface area contributed by atoms with Crippen molar-refractivity contribution in [2.24, 2.45) is 7.05 Å². The molecular formula is C24H27N3O3. The average Bonchev–Trinajstić information content (AvgIpc) is 3.09. The third-order valence-electron chi connectivity index (χ3n) is 5.11. The van der Waals surface area contributed by atoms with E-state index in [0.29, 0.717) is 24.4 Å². The van der Waals surface area contributed by atoms with E-state index in [9.17, 15) is 9.59 Å². The number of amides is 2. The van der Waals surface area contributed by atoms with E-state index >= 15 is 0 Å². The largest absolute Gasteiger partial charge is 0.497 e. The predicted octanol–water partition coefficient (Wildman–Crippen LogP) is 3.83. The first-order chi connectivity index (χ1) is 14.5. The number of nitrogens with zero attached hydrogens (tertiary/aromatic N) is 2. The summed E-state index contributed by atoms with van der Waals surface area (Å²) in [6.45, 7) is 4.95. The van der Waals surface area contributed by atoms with E-state index in [1.165, 1.54) is 0 Å². The number of aryl methyl sites for hydroxylation is 1. The molecule has 1 heterocycles. The summed E-state index contributed by atoms with van der Waals surface area (Å²) in [6.07, 6.45) is 3.71. The van der Waals surface area contributed by atoms with E-state index in [1.54, 1.807) is 42.4 Å². The number of carbonyl (C=O) groups is 2. The maximum Gasteiger partial charge on any atom is 0.270 e. The van der Waals surface area contributed by atoms with Crippen LogP contribution >= 0.6 is 0 Å². The average molecular weight is 405 g/mol. The van der Waals surface area contributed by atoms with Crippen LogP contribution in [0.1, 0.15) is 29.8 Å². The third-order valence-corrected chi connectivity index (χ3v) is 5.11. The first kappa shape index (κ1) is 21.2. The second kappa shape index (κ2) is 9.31. The Labute approximate surface area is 176 Å². The molecule has 0 fully saturated rings. The van der Waals surface area contributed by atoms with E-state index in [2.05, 4.69) is 5.32 Å². The van der Waals surface area contributed by atoms with E-state index in [-0.39, 0.29) is 17.5 Å². The molecule has 3 rings (SSSR count). The quantitative estimate of drug-likeness (QED) is 0.608. The molecule has 0 spiro atoms. The fourth-order valence-corrected chi connectivity index (χ4v) is 3.41. The molecule has 0 aliphatic carbocycles. The van der Waals surface area contributed by atoms with Crippen molar-refractivity contribution in [3.05, 3.63) is 71.6 Å². The summed E-state index contributed by atoms with van der Waals surface area (Å²) in [4.78, 5) is 27.7. The monoisotopic (exact) mass is 405 g/mol. The van der Waals surface area contributed by atoms with Gasteiger partial charge in [-0.05, 0) is 50.3 Å². The van der Waals surface area contributed by atoms with Crippen molar-refractivity contribution >= 4 is 28.8 Å². The summed E-state index contributed by atoms with van der Waals surface area (Å²) in [7, 11) is 3.53. The van der Waals surface area contributed by atoms with Gasteiger partial charge in [0.1, 0.15) is 11.4 Å². The molecule has 1 aromatic heterocycles. The molecular weight excluding hydrogens is 378 g/mol. The number of fused-ring (bicyclic) bond motifs is 1. The van der Waals surface area contributed by atoms with Crippen LogP contribution in [0.2, 0.25) is 0 Å². The van der Waals surface area contributed by atoms with Gasteiger partial charge in [0.05, 0.1) is 7.11 Å². The third kappa shape index (κ3) is 4.38. The van der Waals surface area contributed by atoms with Crippen molar-refractivity contribution < 1.29 is 14.3 Å². The normalized spacial score (nSPS) is 11.4. The summed E-state index contributed by atoms with van der Waals surface area (Å²) in [5.41, 5.74) is 2.63. The molecule has 2 amide bonds. The first-order valence-electron chi connectivity index (χ1n) is 9.98. The lowest BCUT2D eigenvalue weighted by atomic mass is 10.1. The predicted molar refractivity (Wildman–Crippen MR) is 119 cm³/mol. The highest BCUT2D eigenvalue weighted by Crippen LogP contribution is 2.23. The van der Waals surface area contributed by atoms with Crippen molar-refractivity contribution in [1.82, 2.24) is 14.8 Å². The molecule has 0 aliphatic rings. The van der Waals surface area contributed by atoms with Gasteiger partial charge in [0, 0.05) is 48.4 Å². The lowest BCUT2D eigenvalue weighted by Gasteiger charge is -2.21. The number of methoxy groups -OCH3 is 1. The summed E-state index contributed by atoms with van der Waals surface area (Å²) in [6, 6.07) is 14.7. The zero-order valence-corrected chi connectivity index (χ0v) is 17.8. The molecule has 0 radical (unpaired) electrons. The first-order valence-corrected chi connectivity index (χ1v) is 9.98. The Morgan fingerprint density at radius 2 is 1.73 bits per heavy atom. The Morgan fingerprint density at radius 1 is 1.07 bits per heavy atom. The van der Waals surface area contributed by atoms with Crippen molar-refractivity contribution in [3.8, 4) is 5.75 Å². The minimum absolute atomic E-state index is 0.213. The molecule has 2 aromatic carbocycles. The van der Waals surface area contributed by atoms with E-state index in [0.717, 1.165) is 16.5 Å². The zero-order chi connectivity index (χ0) is 21.7. The molecule has 3 aromatic rings. The number of hydrogen-bond donors (Lipinski definition) is 1. The summed E-state index contributed by atoms with van der Waals surface area (Å²) in [5, 5.41) is 3.84. The van der Waals surface area contributed by atoms with Crippen molar-refractivity contribution in [3.63, 3.8) is 0 Å². The van der Waals surface area contributed by atoms with Crippen LogP contribution in [0.3, 0.4) is 0 Å². The topological polar surface area (TPSA) is 63.6 Å². The van der Waals surface area contributed by atoms with Crippen LogP contribution < -0.4 is 10.1 Å². The fraction of sp³-hybridized carbons (Fsp3) is 0.250. The maximum atomic E-state index is 13.1. The second-order valence-electron chi connectivity index (χ2n) is 6.93. The highest BCUT2D eigenvalue weighted by atomic mass is 16.5. The molecule has 1 N–H and O–H groups in total. The number of nitrogens with one attached hydrogen (secondary N) is 1. The molecule has 0 saturated heterocycles. The van der Waals surface area contributed by atoms with Crippen molar-refractivity contribution in [2.45, 2.75) is 13.8 Å². The smallest absolute Gasteiger partial charge is 0.270 e. The van der Waals surface area contributed by atoms with Gasteiger partial charge >= 0.3 is 0 Å². The molecule has 0 aliphatic heterocycles.